The van der Waals surface area contributed by atoms with Crippen molar-refractivity contribution in [3.63, 3.8) is 0 Å². The summed E-state index contributed by atoms with van der Waals surface area (Å²) in [6, 6.07) is 3.67. The highest BCUT2D eigenvalue weighted by molar-refractivity contribution is 5.84. The maximum atomic E-state index is 13.4. The Balaban J connectivity index is 2.99. The van der Waals surface area contributed by atoms with Gasteiger partial charge in [-0.25, -0.2) is 4.39 Å². The topological polar surface area (TPSA) is 55.6 Å². The Kier molecular flexibility index (Phi) is 5.54. The predicted molar refractivity (Wildman–Crippen MR) is 69.1 cm³/mol. The molecule has 1 aromatic rings. The third-order valence-electron chi connectivity index (χ3n) is 2.85. The van der Waals surface area contributed by atoms with E-state index >= 15 is 0 Å². The zero-order valence-electron chi connectivity index (χ0n) is 11.6. The van der Waals surface area contributed by atoms with Gasteiger partial charge in [0.15, 0.2) is 0 Å². The summed E-state index contributed by atoms with van der Waals surface area (Å²) in [6.45, 7) is -1.55. The average molecular weight is 308 g/mol. The Hall–Kier alpha value is -1.83. The van der Waals surface area contributed by atoms with Crippen LogP contribution in [-0.2, 0) is 9.53 Å². The minimum Gasteiger partial charge on any atom is -0.396 e. The van der Waals surface area contributed by atoms with Crippen LogP contribution in [0.25, 0.3) is 0 Å². The van der Waals surface area contributed by atoms with Gasteiger partial charge in [-0.15, -0.1) is 0 Å². The quantitative estimate of drug-likeness (QED) is 0.670. The molecule has 0 spiro atoms. The first-order chi connectivity index (χ1) is 9.65. The van der Waals surface area contributed by atoms with E-state index in [0.29, 0.717) is 4.90 Å². The second-order valence-corrected chi connectivity index (χ2v) is 4.60. The van der Waals surface area contributed by atoms with Gasteiger partial charge in [-0.2, -0.15) is 13.2 Å². The number of ether oxygens (including phenoxy) is 1. The molecule has 21 heavy (non-hydrogen) atoms. The number of hydrogen-bond acceptors (Lipinski definition) is 3. The molecule has 8 heteroatoms. The van der Waals surface area contributed by atoms with E-state index in [-0.39, 0.29) is 17.9 Å². The second-order valence-electron chi connectivity index (χ2n) is 4.60. The first kappa shape index (κ1) is 17.2. The van der Waals surface area contributed by atoms with Gasteiger partial charge in [-0.3, -0.25) is 4.79 Å². The molecule has 0 aliphatic carbocycles. The summed E-state index contributed by atoms with van der Waals surface area (Å²) in [4.78, 5) is 12.6. The molecule has 1 aromatic carbocycles. The highest BCUT2D eigenvalue weighted by atomic mass is 19.4. The van der Waals surface area contributed by atoms with Crippen LogP contribution in [0, 0.1) is 5.82 Å². The molecule has 1 rings (SSSR count). The molecule has 1 atom stereocenters. The molecule has 0 bridgehead atoms. The zero-order chi connectivity index (χ0) is 16.2. The van der Waals surface area contributed by atoms with E-state index in [0.717, 1.165) is 13.1 Å². The van der Waals surface area contributed by atoms with Crippen molar-refractivity contribution in [3.8, 4) is 0 Å². The van der Waals surface area contributed by atoms with Crippen LogP contribution >= 0.6 is 0 Å². The van der Waals surface area contributed by atoms with Crippen molar-refractivity contribution in [1.29, 1.82) is 0 Å². The molecule has 0 saturated heterocycles. The number of nitrogens with two attached hydrogens (primary N) is 1. The summed E-state index contributed by atoms with van der Waals surface area (Å²) >= 11 is 0. The number of methoxy groups -OCH3 is 1. The number of hydrogen-bond donors (Lipinski definition) is 1. The number of halogens is 4. The van der Waals surface area contributed by atoms with Crippen molar-refractivity contribution in [3.05, 3.63) is 29.6 Å². The van der Waals surface area contributed by atoms with E-state index in [1.165, 1.54) is 19.2 Å². The van der Waals surface area contributed by atoms with Crippen LogP contribution < -0.4 is 5.73 Å². The number of amides is 1. The Morgan fingerprint density at radius 3 is 2.52 bits per heavy atom. The van der Waals surface area contributed by atoms with Crippen molar-refractivity contribution >= 4 is 11.6 Å². The first-order valence-corrected chi connectivity index (χ1v) is 6.01. The summed E-state index contributed by atoms with van der Waals surface area (Å²) in [5, 5.41) is 0. The molecular weight excluding hydrogens is 292 g/mol. The van der Waals surface area contributed by atoms with Gasteiger partial charge in [0.1, 0.15) is 12.4 Å². The van der Waals surface area contributed by atoms with Gasteiger partial charge >= 0.3 is 6.18 Å². The van der Waals surface area contributed by atoms with E-state index < -0.39 is 30.4 Å². The van der Waals surface area contributed by atoms with Gasteiger partial charge in [0.2, 0.25) is 5.91 Å². The third kappa shape index (κ3) is 4.89. The standard InChI is InChI=1S/C13H16F4N2O2/c1-19(7-13(15,16)17)12(20)9(6-21-2)8-3-4-11(18)10(14)5-8/h3-5,9H,6-7,18H2,1-2H3. The van der Waals surface area contributed by atoms with E-state index in [2.05, 4.69) is 0 Å². The number of carbonyl (C=O) groups excluding carboxylic acids is 1. The highest BCUT2D eigenvalue weighted by Crippen LogP contribution is 2.24. The van der Waals surface area contributed by atoms with Crippen LogP contribution in [0.5, 0.6) is 0 Å². The summed E-state index contributed by atoms with van der Waals surface area (Å²) < 4.78 is 55.3. The molecule has 1 amide bonds. The van der Waals surface area contributed by atoms with Crippen molar-refractivity contribution < 1.29 is 27.1 Å². The van der Waals surface area contributed by atoms with Crippen molar-refractivity contribution in [2.45, 2.75) is 12.1 Å². The minimum absolute atomic E-state index is 0.106. The average Bonchev–Trinajstić information content (AvgIpc) is 2.36. The maximum absolute atomic E-state index is 13.4. The zero-order valence-corrected chi connectivity index (χ0v) is 11.6. The van der Waals surface area contributed by atoms with Crippen molar-refractivity contribution in [1.82, 2.24) is 4.90 Å². The summed E-state index contributed by atoms with van der Waals surface area (Å²) in [5.41, 5.74) is 5.44. The monoisotopic (exact) mass is 308 g/mol. The van der Waals surface area contributed by atoms with Crippen LogP contribution in [0.15, 0.2) is 18.2 Å². The summed E-state index contributed by atoms with van der Waals surface area (Å²) in [7, 11) is 2.34. The molecule has 0 radical (unpaired) electrons. The van der Waals surface area contributed by atoms with Crippen molar-refractivity contribution in [2.75, 3.05) is 33.0 Å². The fraction of sp³-hybridized carbons (Fsp3) is 0.462. The van der Waals surface area contributed by atoms with Crippen LogP contribution in [0.2, 0.25) is 0 Å². The van der Waals surface area contributed by atoms with Gasteiger partial charge in [-0.1, -0.05) is 6.07 Å². The van der Waals surface area contributed by atoms with Crippen molar-refractivity contribution in [2.24, 2.45) is 0 Å². The molecule has 0 saturated carbocycles. The fourth-order valence-electron chi connectivity index (χ4n) is 1.85. The third-order valence-corrected chi connectivity index (χ3v) is 2.85. The van der Waals surface area contributed by atoms with Crippen LogP contribution in [-0.4, -0.2) is 44.3 Å². The lowest BCUT2D eigenvalue weighted by atomic mass is 9.98. The molecule has 0 aromatic heterocycles. The lowest BCUT2D eigenvalue weighted by molar-refractivity contribution is -0.160. The molecule has 4 nitrogen and oxygen atoms in total. The summed E-state index contributed by atoms with van der Waals surface area (Å²) in [5.74, 6) is -2.57. The van der Waals surface area contributed by atoms with Gasteiger partial charge in [-0.05, 0) is 17.7 Å². The number of rotatable bonds is 5. The molecule has 2 N–H and O–H groups in total. The summed E-state index contributed by atoms with van der Waals surface area (Å²) in [6.07, 6.45) is -4.51. The van der Waals surface area contributed by atoms with Crippen LogP contribution in [0.3, 0.4) is 0 Å². The Morgan fingerprint density at radius 1 is 1.43 bits per heavy atom. The molecule has 0 fully saturated rings. The molecular formula is C13H16F4N2O2. The Morgan fingerprint density at radius 2 is 2.05 bits per heavy atom. The molecule has 0 aliphatic heterocycles. The normalized spacial score (nSPS) is 13.0. The van der Waals surface area contributed by atoms with E-state index in [1.807, 2.05) is 0 Å². The number of alkyl halides is 3. The van der Waals surface area contributed by atoms with Gasteiger partial charge < -0.3 is 15.4 Å². The molecule has 0 aliphatic rings. The van der Waals surface area contributed by atoms with E-state index in [1.54, 1.807) is 0 Å². The number of anilines is 1. The smallest absolute Gasteiger partial charge is 0.396 e. The fourth-order valence-corrected chi connectivity index (χ4v) is 1.85. The Bertz CT molecular complexity index is 505. The lowest BCUT2D eigenvalue weighted by Gasteiger charge is -2.24. The number of likely N-dealkylation sites (N-methyl/N-ethyl adjacent to an activating group) is 1. The Labute approximate surface area is 119 Å². The SMILES string of the molecule is COCC(C(=O)N(C)CC(F)(F)F)c1ccc(N)c(F)c1. The van der Waals surface area contributed by atoms with Gasteiger partial charge in [0.25, 0.3) is 0 Å². The number of nitrogens with zero attached hydrogens (tertiary/aromatic N) is 1. The molecule has 1 unspecified atom stereocenters. The lowest BCUT2D eigenvalue weighted by Crippen LogP contribution is -2.39. The first-order valence-electron chi connectivity index (χ1n) is 6.01. The highest BCUT2D eigenvalue weighted by Gasteiger charge is 2.34. The largest absolute Gasteiger partial charge is 0.406 e. The number of benzene rings is 1. The second kappa shape index (κ2) is 6.75. The van der Waals surface area contributed by atoms with Crippen LogP contribution in [0.1, 0.15) is 11.5 Å². The number of carbonyl (C=O) groups is 1. The van der Waals surface area contributed by atoms with Gasteiger partial charge in [0.05, 0.1) is 18.2 Å². The van der Waals surface area contributed by atoms with E-state index in [9.17, 15) is 22.4 Å². The minimum atomic E-state index is -4.51. The van der Waals surface area contributed by atoms with Gasteiger partial charge in [0, 0.05) is 14.2 Å². The van der Waals surface area contributed by atoms with E-state index in [4.69, 9.17) is 10.5 Å². The van der Waals surface area contributed by atoms with Crippen LogP contribution in [0.4, 0.5) is 23.2 Å². The molecule has 0 heterocycles. The predicted octanol–water partition coefficient (Wildman–Crippen LogP) is 2.16. The number of nitrogen functional groups attached to an aromatic ring is 1. The molecule has 118 valence electrons. The maximum Gasteiger partial charge on any atom is 0.406 e.